The van der Waals surface area contributed by atoms with Crippen LogP contribution in [0.15, 0.2) is 42.5 Å². The van der Waals surface area contributed by atoms with Crippen molar-refractivity contribution < 1.29 is 9.53 Å². The van der Waals surface area contributed by atoms with Gasteiger partial charge >= 0.3 is 0 Å². The number of nitrogens with zero attached hydrogens (tertiary/aromatic N) is 2. The average Bonchev–Trinajstić information content (AvgIpc) is 3.19. The molecule has 0 unspecified atom stereocenters. The van der Waals surface area contributed by atoms with Crippen molar-refractivity contribution in [1.29, 1.82) is 0 Å². The number of carbonyl (C=O) groups is 1. The monoisotopic (exact) mass is 364 g/mol. The summed E-state index contributed by atoms with van der Waals surface area (Å²) in [5.41, 5.74) is 4.42. The van der Waals surface area contributed by atoms with Gasteiger partial charge in [0.05, 0.1) is 7.11 Å². The molecular weight excluding hydrogens is 336 g/mol. The SMILES string of the molecule is COc1cccc(C(=O)N2C[C@@H]3CN(C)[C@H](c4ccccc4C)[C@@H]3C2)c1C. The number of amides is 1. The molecule has 0 aliphatic carbocycles. The minimum absolute atomic E-state index is 0.131. The van der Waals surface area contributed by atoms with E-state index in [-0.39, 0.29) is 5.91 Å². The Morgan fingerprint density at radius 2 is 1.81 bits per heavy atom. The Balaban J connectivity index is 1.58. The molecule has 0 N–H and O–H groups in total. The van der Waals surface area contributed by atoms with Crippen LogP contribution >= 0.6 is 0 Å². The Labute approximate surface area is 161 Å². The predicted molar refractivity (Wildman–Crippen MR) is 107 cm³/mol. The highest BCUT2D eigenvalue weighted by Gasteiger charge is 2.47. The fourth-order valence-electron chi connectivity index (χ4n) is 5.05. The van der Waals surface area contributed by atoms with Crippen LogP contribution in [0.25, 0.3) is 0 Å². The van der Waals surface area contributed by atoms with Gasteiger partial charge in [-0.3, -0.25) is 9.69 Å². The van der Waals surface area contributed by atoms with Crippen LogP contribution in [0.5, 0.6) is 5.75 Å². The zero-order valence-electron chi connectivity index (χ0n) is 16.6. The molecular formula is C23H28N2O2. The lowest BCUT2D eigenvalue weighted by molar-refractivity contribution is 0.0766. The van der Waals surface area contributed by atoms with Crippen LogP contribution in [0.2, 0.25) is 0 Å². The third-order valence-electron chi connectivity index (χ3n) is 6.42. The minimum Gasteiger partial charge on any atom is -0.496 e. The standard InChI is InChI=1S/C23H28N2O2/c1-15-8-5-6-9-18(15)22-20-14-25(13-17(20)12-24(22)3)23(26)19-10-7-11-21(27-4)16(19)2/h5-11,17,20,22H,12-14H2,1-4H3/t17-,20+,22+/m0/s1. The quantitative estimate of drug-likeness (QED) is 0.833. The Morgan fingerprint density at radius 3 is 2.56 bits per heavy atom. The Morgan fingerprint density at radius 1 is 1.04 bits per heavy atom. The highest BCUT2D eigenvalue weighted by molar-refractivity contribution is 5.96. The van der Waals surface area contributed by atoms with Crippen molar-refractivity contribution in [2.24, 2.45) is 11.8 Å². The number of aryl methyl sites for hydroxylation is 1. The highest BCUT2D eigenvalue weighted by Crippen LogP contribution is 2.45. The summed E-state index contributed by atoms with van der Waals surface area (Å²) >= 11 is 0. The smallest absolute Gasteiger partial charge is 0.254 e. The first kappa shape index (κ1) is 18.1. The normalized spacial score (nSPS) is 24.9. The predicted octanol–water partition coefficient (Wildman–Crippen LogP) is 3.69. The molecule has 2 aromatic rings. The van der Waals surface area contributed by atoms with Gasteiger partial charge in [-0.1, -0.05) is 30.3 Å². The summed E-state index contributed by atoms with van der Waals surface area (Å²) in [5, 5.41) is 0. The van der Waals surface area contributed by atoms with Gasteiger partial charge < -0.3 is 9.64 Å². The molecule has 0 saturated carbocycles. The van der Waals surface area contributed by atoms with Gasteiger partial charge in [-0.05, 0) is 50.1 Å². The first-order valence-corrected chi connectivity index (χ1v) is 9.70. The lowest BCUT2D eigenvalue weighted by Gasteiger charge is -2.28. The summed E-state index contributed by atoms with van der Waals surface area (Å²) in [4.78, 5) is 17.7. The summed E-state index contributed by atoms with van der Waals surface area (Å²) < 4.78 is 5.40. The summed E-state index contributed by atoms with van der Waals surface area (Å²) in [7, 11) is 3.87. The van der Waals surface area contributed by atoms with Gasteiger partial charge in [0.15, 0.2) is 0 Å². The lowest BCUT2D eigenvalue weighted by atomic mass is 9.88. The topological polar surface area (TPSA) is 32.8 Å². The third kappa shape index (κ3) is 3.02. The van der Waals surface area contributed by atoms with Crippen molar-refractivity contribution in [3.63, 3.8) is 0 Å². The van der Waals surface area contributed by atoms with Crippen molar-refractivity contribution in [3.8, 4) is 5.75 Å². The molecule has 2 aliphatic heterocycles. The molecule has 3 atom stereocenters. The van der Waals surface area contributed by atoms with Crippen LogP contribution in [0, 0.1) is 25.7 Å². The molecule has 4 heteroatoms. The van der Waals surface area contributed by atoms with Gasteiger partial charge in [0.2, 0.25) is 0 Å². The first-order chi connectivity index (χ1) is 13.0. The van der Waals surface area contributed by atoms with Crippen LogP contribution in [-0.4, -0.2) is 49.5 Å². The molecule has 4 nitrogen and oxygen atoms in total. The fraction of sp³-hybridized carbons (Fsp3) is 0.435. The number of hydrogen-bond donors (Lipinski definition) is 0. The molecule has 0 radical (unpaired) electrons. The first-order valence-electron chi connectivity index (χ1n) is 9.70. The number of ether oxygens (including phenoxy) is 1. The largest absolute Gasteiger partial charge is 0.496 e. The molecule has 2 heterocycles. The van der Waals surface area contributed by atoms with Gasteiger partial charge in [0.25, 0.3) is 5.91 Å². The Kier molecular flexibility index (Phi) is 4.68. The zero-order chi connectivity index (χ0) is 19.1. The van der Waals surface area contributed by atoms with Gasteiger partial charge in [0, 0.05) is 42.7 Å². The molecule has 1 amide bonds. The summed E-state index contributed by atoms with van der Waals surface area (Å²) in [6, 6.07) is 14.8. The van der Waals surface area contributed by atoms with Crippen LogP contribution in [0.4, 0.5) is 0 Å². The van der Waals surface area contributed by atoms with Gasteiger partial charge in [-0.15, -0.1) is 0 Å². The second-order valence-electron chi connectivity index (χ2n) is 8.01. The maximum Gasteiger partial charge on any atom is 0.254 e. The van der Waals surface area contributed by atoms with E-state index in [0.717, 1.165) is 36.5 Å². The lowest BCUT2D eigenvalue weighted by Crippen LogP contribution is -2.34. The van der Waals surface area contributed by atoms with E-state index in [1.807, 2.05) is 25.1 Å². The highest BCUT2D eigenvalue weighted by atomic mass is 16.5. The van der Waals surface area contributed by atoms with Crippen LogP contribution in [0.1, 0.15) is 33.1 Å². The fourth-order valence-corrected chi connectivity index (χ4v) is 5.05. The van der Waals surface area contributed by atoms with Crippen molar-refractivity contribution >= 4 is 5.91 Å². The minimum atomic E-state index is 0.131. The summed E-state index contributed by atoms with van der Waals surface area (Å²) in [6.07, 6.45) is 0. The molecule has 2 fully saturated rings. The van der Waals surface area contributed by atoms with Crippen LogP contribution < -0.4 is 4.74 Å². The Bertz CT molecular complexity index is 863. The zero-order valence-corrected chi connectivity index (χ0v) is 16.6. The van der Waals surface area contributed by atoms with E-state index in [1.54, 1.807) is 7.11 Å². The van der Waals surface area contributed by atoms with E-state index in [0.29, 0.717) is 17.9 Å². The number of benzene rings is 2. The summed E-state index contributed by atoms with van der Waals surface area (Å²) in [5.74, 6) is 1.94. The molecule has 27 heavy (non-hydrogen) atoms. The maximum atomic E-state index is 13.2. The number of fused-ring (bicyclic) bond motifs is 1. The van der Waals surface area contributed by atoms with Crippen LogP contribution in [0.3, 0.4) is 0 Å². The molecule has 142 valence electrons. The van der Waals surface area contributed by atoms with Crippen LogP contribution in [-0.2, 0) is 0 Å². The summed E-state index contributed by atoms with van der Waals surface area (Å²) in [6.45, 7) is 6.86. The molecule has 0 spiro atoms. The molecule has 2 saturated heterocycles. The third-order valence-corrected chi connectivity index (χ3v) is 6.42. The van der Waals surface area contributed by atoms with E-state index >= 15 is 0 Å². The second-order valence-corrected chi connectivity index (χ2v) is 8.01. The van der Waals surface area contributed by atoms with E-state index in [4.69, 9.17) is 4.74 Å². The number of carbonyl (C=O) groups excluding carboxylic acids is 1. The van der Waals surface area contributed by atoms with Crippen molar-refractivity contribution in [2.45, 2.75) is 19.9 Å². The van der Waals surface area contributed by atoms with Crippen molar-refractivity contribution in [1.82, 2.24) is 9.80 Å². The number of rotatable bonds is 3. The molecule has 4 rings (SSSR count). The van der Waals surface area contributed by atoms with Crippen molar-refractivity contribution in [3.05, 3.63) is 64.7 Å². The number of methoxy groups -OCH3 is 1. The molecule has 0 bridgehead atoms. The van der Waals surface area contributed by atoms with Gasteiger partial charge in [0.1, 0.15) is 5.75 Å². The maximum absolute atomic E-state index is 13.2. The van der Waals surface area contributed by atoms with E-state index in [2.05, 4.69) is 48.0 Å². The van der Waals surface area contributed by atoms with E-state index in [1.165, 1.54) is 11.1 Å². The number of hydrogen-bond acceptors (Lipinski definition) is 3. The molecule has 0 aromatic heterocycles. The Hall–Kier alpha value is -2.33. The average molecular weight is 364 g/mol. The number of likely N-dealkylation sites (tertiary alicyclic amines) is 2. The van der Waals surface area contributed by atoms with Gasteiger partial charge in [-0.25, -0.2) is 0 Å². The second kappa shape index (κ2) is 7.01. The van der Waals surface area contributed by atoms with E-state index in [9.17, 15) is 4.79 Å². The van der Waals surface area contributed by atoms with Gasteiger partial charge in [-0.2, -0.15) is 0 Å². The molecule has 2 aliphatic rings. The van der Waals surface area contributed by atoms with E-state index < -0.39 is 0 Å². The van der Waals surface area contributed by atoms with Crippen molar-refractivity contribution in [2.75, 3.05) is 33.8 Å². The molecule has 2 aromatic carbocycles.